The third-order valence-electron chi connectivity index (χ3n) is 2.84. The Morgan fingerprint density at radius 1 is 1.33 bits per heavy atom. The SMILES string of the molecule is CC(C)OCCCCNS(=O)(=O)c1cc(CN)ccc1F. The molecule has 0 unspecified atom stereocenters. The summed E-state index contributed by atoms with van der Waals surface area (Å²) >= 11 is 0. The fourth-order valence-corrected chi connectivity index (χ4v) is 2.91. The zero-order valence-electron chi connectivity index (χ0n) is 12.4. The fraction of sp³-hybridized carbons (Fsp3) is 0.571. The summed E-state index contributed by atoms with van der Waals surface area (Å²) in [6.07, 6.45) is 1.53. The number of hydrogen-bond acceptors (Lipinski definition) is 4. The topological polar surface area (TPSA) is 81.4 Å². The molecule has 1 aromatic rings. The first-order valence-corrected chi connectivity index (χ1v) is 8.45. The average molecular weight is 318 g/mol. The van der Waals surface area contributed by atoms with Crippen molar-refractivity contribution in [3.63, 3.8) is 0 Å². The van der Waals surface area contributed by atoms with Gasteiger partial charge in [0.2, 0.25) is 10.0 Å². The van der Waals surface area contributed by atoms with Gasteiger partial charge >= 0.3 is 0 Å². The molecule has 0 heterocycles. The molecule has 21 heavy (non-hydrogen) atoms. The van der Waals surface area contributed by atoms with Gasteiger partial charge in [0.25, 0.3) is 0 Å². The Balaban J connectivity index is 2.54. The van der Waals surface area contributed by atoms with E-state index in [4.69, 9.17) is 10.5 Å². The summed E-state index contributed by atoms with van der Waals surface area (Å²) in [5.74, 6) is -0.775. The van der Waals surface area contributed by atoms with Crippen LogP contribution in [0.3, 0.4) is 0 Å². The molecule has 0 aromatic heterocycles. The minimum Gasteiger partial charge on any atom is -0.379 e. The van der Waals surface area contributed by atoms with E-state index < -0.39 is 15.8 Å². The first kappa shape index (κ1) is 18.0. The number of rotatable bonds is 9. The summed E-state index contributed by atoms with van der Waals surface area (Å²) in [5.41, 5.74) is 6.01. The molecular formula is C14H23FN2O3S. The van der Waals surface area contributed by atoms with Gasteiger partial charge in [-0.15, -0.1) is 0 Å². The molecule has 0 amide bonds. The number of nitrogens with one attached hydrogen (secondary N) is 1. The highest BCUT2D eigenvalue weighted by molar-refractivity contribution is 7.89. The van der Waals surface area contributed by atoms with Gasteiger partial charge in [0.1, 0.15) is 10.7 Å². The van der Waals surface area contributed by atoms with Crippen LogP contribution in [0.4, 0.5) is 4.39 Å². The van der Waals surface area contributed by atoms with Gasteiger partial charge in [-0.2, -0.15) is 0 Å². The maximum absolute atomic E-state index is 13.6. The molecule has 0 radical (unpaired) electrons. The van der Waals surface area contributed by atoms with Crippen LogP contribution in [0.2, 0.25) is 0 Å². The second-order valence-electron chi connectivity index (χ2n) is 4.99. The lowest BCUT2D eigenvalue weighted by Gasteiger charge is -2.10. The highest BCUT2D eigenvalue weighted by atomic mass is 32.2. The Bertz CT molecular complexity index is 547. The molecule has 0 bridgehead atoms. The van der Waals surface area contributed by atoms with Crippen LogP contribution in [0.1, 0.15) is 32.3 Å². The fourth-order valence-electron chi connectivity index (χ4n) is 1.71. The second-order valence-corrected chi connectivity index (χ2v) is 6.73. The largest absolute Gasteiger partial charge is 0.379 e. The van der Waals surface area contributed by atoms with E-state index in [2.05, 4.69) is 4.72 Å². The van der Waals surface area contributed by atoms with E-state index in [-0.39, 0.29) is 24.1 Å². The molecule has 5 nitrogen and oxygen atoms in total. The third kappa shape index (κ3) is 6.09. The minimum absolute atomic E-state index is 0.162. The van der Waals surface area contributed by atoms with Crippen molar-refractivity contribution in [3.05, 3.63) is 29.6 Å². The Morgan fingerprint density at radius 2 is 2.05 bits per heavy atom. The molecule has 0 aliphatic heterocycles. The molecule has 0 atom stereocenters. The Morgan fingerprint density at radius 3 is 2.67 bits per heavy atom. The molecule has 0 aliphatic carbocycles. The highest BCUT2D eigenvalue weighted by Gasteiger charge is 2.18. The monoisotopic (exact) mass is 318 g/mol. The lowest BCUT2D eigenvalue weighted by atomic mass is 10.2. The summed E-state index contributed by atoms with van der Waals surface area (Å²) in [5, 5.41) is 0. The lowest BCUT2D eigenvalue weighted by Crippen LogP contribution is -2.26. The normalized spacial score (nSPS) is 12.0. The van der Waals surface area contributed by atoms with Crippen molar-refractivity contribution in [3.8, 4) is 0 Å². The van der Waals surface area contributed by atoms with Gasteiger partial charge in [-0.1, -0.05) is 6.07 Å². The van der Waals surface area contributed by atoms with Crippen molar-refractivity contribution in [2.45, 2.75) is 44.2 Å². The standard InChI is InChI=1S/C14H23FN2O3S/c1-11(2)20-8-4-3-7-17-21(18,19)14-9-12(10-16)5-6-13(14)15/h5-6,9,11,17H,3-4,7-8,10,16H2,1-2H3. The first-order chi connectivity index (χ1) is 9.86. The molecule has 7 heteroatoms. The number of unbranched alkanes of at least 4 members (excludes halogenated alkanes) is 1. The molecule has 0 aliphatic rings. The molecule has 1 aromatic carbocycles. The van der Waals surface area contributed by atoms with Crippen LogP contribution in [0.5, 0.6) is 0 Å². The zero-order chi connectivity index (χ0) is 15.9. The molecule has 0 fully saturated rings. The summed E-state index contributed by atoms with van der Waals surface area (Å²) < 4.78 is 45.5. The number of hydrogen-bond donors (Lipinski definition) is 2. The lowest BCUT2D eigenvalue weighted by molar-refractivity contribution is 0.0762. The van der Waals surface area contributed by atoms with E-state index in [0.717, 1.165) is 12.5 Å². The smallest absolute Gasteiger partial charge is 0.243 e. The minimum atomic E-state index is -3.85. The highest BCUT2D eigenvalue weighted by Crippen LogP contribution is 2.16. The maximum Gasteiger partial charge on any atom is 0.243 e. The summed E-state index contributed by atoms with van der Waals surface area (Å²) in [6.45, 7) is 4.87. The van der Waals surface area contributed by atoms with Crippen LogP contribution in [-0.2, 0) is 21.3 Å². The van der Waals surface area contributed by atoms with Crippen molar-refractivity contribution in [1.82, 2.24) is 4.72 Å². The molecule has 1 rings (SSSR count). The van der Waals surface area contributed by atoms with Crippen LogP contribution in [0.25, 0.3) is 0 Å². The van der Waals surface area contributed by atoms with Crippen LogP contribution in [-0.4, -0.2) is 27.7 Å². The van der Waals surface area contributed by atoms with E-state index in [1.807, 2.05) is 13.8 Å². The van der Waals surface area contributed by atoms with Crippen molar-refractivity contribution < 1.29 is 17.5 Å². The van der Waals surface area contributed by atoms with Crippen molar-refractivity contribution >= 4 is 10.0 Å². The predicted molar refractivity (Wildman–Crippen MR) is 79.8 cm³/mol. The second kappa shape index (κ2) is 8.43. The summed E-state index contributed by atoms with van der Waals surface area (Å²) in [4.78, 5) is -0.358. The van der Waals surface area contributed by atoms with Crippen molar-refractivity contribution in [2.24, 2.45) is 5.73 Å². The van der Waals surface area contributed by atoms with E-state index in [1.54, 1.807) is 0 Å². The molecule has 0 saturated heterocycles. The van der Waals surface area contributed by atoms with Crippen LogP contribution < -0.4 is 10.5 Å². The van der Waals surface area contributed by atoms with Crippen molar-refractivity contribution in [1.29, 1.82) is 0 Å². The van der Waals surface area contributed by atoms with Gasteiger partial charge in [0.05, 0.1) is 6.10 Å². The van der Waals surface area contributed by atoms with Gasteiger partial charge in [-0.05, 0) is 44.4 Å². The average Bonchev–Trinajstić information content (AvgIpc) is 2.42. The van der Waals surface area contributed by atoms with Crippen molar-refractivity contribution in [2.75, 3.05) is 13.2 Å². The first-order valence-electron chi connectivity index (χ1n) is 6.96. The van der Waals surface area contributed by atoms with Crippen LogP contribution in [0, 0.1) is 5.82 Å². The zero-order valence-corrected chi connectivity index (χ0v) is 13.2. The summed E-state index contributed by atoms with van der Waals surface area (Å²) in [6, 6.07) is 3.85. The van der Waals surface area contributed by atoms with Gasteiger partial charge in [0.15, 0.2) is 0 Å². The van der Waals surface area contributed by atoms with Crippen LogP contribution >= 0.6 is 0 Å². The molecule has 0 spiro atoms. The number of halogens is 1. The Labute approximate surface area is 125 Å². The van der Waals surface area contributed by atoms with Gasteiger partial charge in [-0.3, -0.25) is 0 Å². The van der Waals surface area contributed by atoms with Crippen LogP contribution in [0.15, 0.2) is 23.1 Å². The molecule has 120 valence electrons. The quantitative estimate of drug-likeness (QED) is 0.680. The Hall–Kier alpha value is -1.02. The number of benzene rings is 1. The van der Waals surface area contributed by atoms with E-state index >= 15 is 0 Å². The molecular weight excluding hydrogens is 295 g/mol. The van der Waals surface area contributed by atoms with Gasteiger partial charge in [-0.25, -0.2) is 17.5 Å². The molecule has 0 saturated carbocycles. The van der Waals surface area contributed by atoms with E-state index in [1.165, 1.54) is 12.1 Å². The predicted octanol–water partition coefficient (Wildman–Crippen LogP) is 1.77. The number of sulfonamides is 1. The van der Waals surface area contributed by atoms with Gasteiger partial charge in [0, 0.05) is 19.7 Å². The molecule has 3 N–H and O–H groups in total. The van der Waals surface area contributed by atoms with E-state index in [9.17, 15) is 12.8 Å². The summed E-state index contributed by atoms with van der Waals surface area (Å²) in [7, 11) is -3.85. The van der Waals surface area contributed by atoms with Gasteiger partial charge < -0.3 is 10.5 Å². The Kier molecular flexibility index (Phi) is 7.24. The van der Waals surface area contributed by atoms with E-state index in [0.29, 0.717) is 18.6 Å². The number of nitrogens with two attached hydrogens (primary N) is 1. The maximum atomic E-state index is 13.6. The third-order valence-corrected chi connectivity index (χ3v) is 4.31. The number of ether oxygens (including phenoxy) is 1.